The maximum Gasteiger partial charge on any atom is 0.231 e. The fourth-order valence-corrected chi connectivity index (χ4v) is 3.76. The van der Waals surface area contributed by atoms with Gasteiger partial charge in [0.2, 0.25) is 6.79 Å². The van der Waals surface area contributed by atoms with Crippen LogP contribution in [0.15, 0.2) is 42.5 Å². The zero-order valence-corrected chi connectivity index (χ0v) is 15.2. The summed E-state index contributed by atoms with van der Waals surface area (Å²) in [5.41, 5.74) is 4.17. The van der Waals surface area contributed by atoms with Crippen LogP contribution < -0.4 is 19.5 Å². The van der Waals surface area contributed by atoms with E-state index in [0.717, 1.165) is 65.8 Å². The number of benzene rings is 2. The molecule has 5 rings (SSSR count). The van der Waals surface area contributed by atoms with Gasteiger partial charge in [-0.1, -0.05) is 12.1 Å². The summed E-state index contributed by atoms with van der Waals surface area (Å²) in [4.78, 5) is 0. The van der Waals surface area contributed by atoms with E-state index in [9.17, 15) is 0 Å². The zero-order valence-electron chi connectivity index (χ0n) is 15.2. The number of hydrogen-bond donors (Lipinski definition) is 1. The van der Waals surface area contributed by atoms with Crippen molar-refractivity contribution in [1.82, 2.24) is 9.78 Å². The molecule has 6 heteroatoms. The predicted molar refractivity (Wildman–Crippen MR) is 103 cm³/mol. The molecule has 3 heterocycles. The summed E-state index contributed by atoms with van der Waals surface area (Å²) < 4.78 is 18.6. The molecule has 0 radical (unpaired) electrons. The number of rotatable bonds is 3. The fourth-order valence-electron chi connectivity index (χ4n) is 3.76. The third-order valence-electron chi connectivity index (χ3n) is 5.09. The van der Waals surface area contributed by atoms with E-state index in [0.29, 0.717) is 0 Å². The highest BCUT2D eigenvalue weighted by molar-refractivity contribution is 5.74. The molecule has 138 valence electrons. The van der Waals surface area contributed by atoms with Gasteiger partial charge in [-0.3, -0.25) is 0 Å². The molecular weight excluding hydrogens is 342 g/mol. The number of ether oxygens (including phenoxy) is 3. The molecule has 0 unspecified atom stereocenters. The molecule has 6 nitrogen and oxygen atoms in total. The first-order valence-electron chi connectivity index (χ1n) is 9.24. The number of aromatic nitrogens is 2. The fraction of sp³-hybridized carbons (Fsp3) is 0.286. The van der Waals surface area contributed by atoms with Gasteiger partial charge >= 0.3 is 0 Å². The molecule has 27 heavy (non-hydrogen) atoms. The van der Waals surface area contributed by atoms with E-state index in [1.165, 1.54) is 5.56 Å². The van der Waals surface area contributed by atoms with E-state index in [4.69, 9.17) is 19.3 Å². The number of nitrogens with one attached hydrogen (secondary N) is 1. The Morgan fingerprint density at radius 3 is 2.89 bits per heavy atom. The molecule has 0 bridgehead atoms. The molecule has 2 aromatic carbocycles. The average Bonchev–Trinajstić information content (AvgIpc) is 3.24. The van der Waals surface area contributed by atoms with E-state index in [1.54, 1.807) is 7.11 Å². The van der Waals surface area contributed by atoms with E-state index < -0.39 is 0 Å². The second kappa shape index (κ2) is 6.54. The summed E-state index contributed by atoms with van der Waals surface area (Å²) in [5, 5.41) is 8.56. The predicted octanol–water partition coefficient (Wildman–Crippen LogP) is 4.02. The van der Waals surface area contributed by atoms with Crippen molar-refractivity contribution >= 4 is 5.82 Å². The average molecular weight is 363 g/mol. The third-order valence-corrected chi connectivity index (χ3v) is 5.09. The van der Waals surface area contributed by atoms with Gasteiger partial charge in [-0.15, -0.1) is 0 Å². The topological polar surface area (TPSA) is 57.5 Å². The molecule has 2 aliphatic heterocycles. The Labute approximate surface area is 157 Å². The zero-order chi connectivity index (χ0) is 18.2. The van der Waals surface area contributed by atoms with Gasteiger partial charge in [-0.2, -0.15) is 5.10 Å². The molecule has 0 spiro atoms. The molecule has 0 amide bonds. The first-order valence-corrected chi connectivity index (χ1v) is 9.24. The van der Waals surface area contributed by atoms with Gasteiger partial charge in [0.15, 0.2) is 11.5 Å². The molecule has 0 saturated heterocycles. The van der Waals surface area contributed by atoms with Crippen molar-refractivity contribution < 1.29 is 14.2 Å². The molecule has 0 fully saturated rings. The monoisotopic (exact) mass is 363 g/mol. The summed E-state index contributed by atoms with van der Waals surface area (Å²) in [6, 6.07) is 14.0. The lowest BCUT2D eigenvalue weighted by Crippen LogP contribution is -2.08. The van der Waals surface area contributed by atoms with Crippen molar-refractivity contribution in [1.29, 1.82) is 0 Å². The number of fused-ring (bicyclic) bond motifs is 2. The molecule has 0 saturated carbocycles. The Morgan fingerprint density at radius 2 is 1.96 bits per heavy atom. The van der Waals surface area contributed by atoms with Crippen LogP contribution in [-0.2, 0) is 6.42 Å². The summed E-state index contributed by atoms with van der Waals surface area (Å²) in [7, 11) is 1.69. The van der Waals surface area contributed by atoms with Crippen molar-refractivity contribution in [2.45, 2.75) is 19.3 Å². The summed E-state index contributed by atoms with van der Waals surface area (Å²) in [6.45, 7) is 1.21. The van der Waals surface area contributed by atoms with E-state index in [2.05, 4.69) is 5.32 Å². The highest BCUT2D eigenvalue weighted by Crippen LogP contribution is 2.40. The van der Waals surface area contributed by atoms with Crippen LogP contribution in [0.5, 0.6) is 17.2 Å². The maximum atomic E-state index is 5.57. The van der Waals surface area contributed by atoms with Crippen LogP contribution in [0.1, 0.15) is 18.4 Å². The van der Waals surface area contributed by atoms with E-state index >= 15 is 0 Å². The normalized spacial score (nSPS) is 15.0. The van der Waals surface area contributed by atoms with Crippen molar-refractivity contribution in [3.8, 4) is 34.2 Å². The molecule has 3 aromatic rings. The lowest BCUT2D eigenvalue weighted by atomic mass is 10.0. The van der Waals surface area contributed by atoms with Crippen molar-refractivity contribution in [2.75, 3.05) is 25.8 Å². The standard InChI is InChI=1S/C21H21N3O3/c1-25-17-8-3-2-7-16(17)24-21-15(6-4-5-11-22-21)20(23-24)14-9-10-18-19(12-14)27-13-26-18/h2-3,7-10,12,22H,4-6,11,13H2,1H3. The Bertz CT molecular complexity index is 996. The van der Waals surface area contributed by atoms with Crippen LogP contribution in [-0.4, -0.2) is 30.2 Å². The van der Waals surface area contributed by atoms with Gasteiger partial charge in [0, 0.05) is 17.7 Å². The van der Waals surface area contributed by atoms with Crippen LogP contribution in [0.4, 0.5) is 5.82 Å². The van der Waals surface area contributed by atoms with Crippen LogP contribution in [0, 0.1) is 0 Å². The van der Waals surface area contributed by atoms with Crippen molar-refractivity contribution in [2.24, 2.45) is 0 Å². The highest BCUT2D eigenvalue weighted by Gasteiger charge is 2.24. The van der Waals surface area contributed by atoms with Crippen LogP contribution in [0.2, 0.25) is 0 Å². The van der Waals surface area contributed by atoms with Crippen LogP contribution in [0.3, 0.4) is 0 Å². The number of anilines is 1. The summed E-state index contributed by atoms with van der Waals surface area (Å²) >= 11 is 0. The van der Waals surface area contributed by atoms with E-state index in [-0.39, 0.29) is 6.79 Å². The summed E-state index contributed by atoms with van der Waals surface area (Å²) in [6.07, 6.45) is 3.26. The SMILES string of the molecule is COc1ccccc1-n1nc(-c2ccc3c(c2)OCO3)c2c1NCCCC2. The minimum Gasteiger partial charge on any atom is -0.494 e. The van der Waals surface area contributed by atoms with Gasteiger partial charge in [0.05, 0.1) is 12.8 Å². The van der Waals surface area contributed by atoms with Crippen LogP contribution in [0.25, 0.3) is 16.9 Å². The minimum absolute atomic E-state index is 0.272. The molecular formula is C21H21N3O3. The first kappa shape index (κ1) is 16.1. The summed E-state index contributed by atoms with van der Waals surface area (Å²) in [5.74, 6) is 3.40. The van der Waals surface area contributed by atoms with E-state index in [1.807, 2.05) is 47.1 Å². The van der Waals surface area contributed by atoms with Gasteiger partial charge in [-0.25, -0.2) is 4.68 Å². The van der Waals surface area contributed by atoms with Gasteiger partial charge in [0.1, 0.15) is 17.3 Å². The van der Waals surface area contributed by atoms with Gasteiger partial charge < -0.3 is 19.5 Å². The van der Waals surface area contributed by atoms with Crippen molar-refractivity contribution in [3.05, 3.63) is 48.0 Å². The Balaban J connectivity index is 1.69. The second-order valence-electron chi connectivity index (χ2n) is 6.71. The second-order valence-corrected chi connectivity index (χ2v) is 6.71. The number of para-hydroxylation sites is 2. The molecule has 1 aromatic heterocycles. The Hall–Kier alpha value is -3.15. The number of nitrogens with zero attached hydrogens (tertiary/aromatic N) is 2. The quantitative estimate of drug-likeness (QED) is 0.761. The lowest BCUT2D eigenvalue weighted by molar-refractivity contribution is 0.174. The van der Waals surface area contributed by atoms with Crippen molar-refractivity contribution in [3.63, 3.8) is 0 Å². The van der Waals surface area contributed by atoms with Crippen LogP contribution >= 0.6 is 0 Å². The Morgan fingerprint density at radius 1 is 1.07 bits per heavy atom. The maximum absolute atomic E-state index is 5.57. The highest BCUT2D eigenvalue weighted by atomic mass is 16.7. The first-order chi connectivity index (χ1) is 13.3. The molecule has 0 aliphatic carbocycles. The molecule has 0 atom stereocenters. The van der Waals surface area contributed by atoms with Gasteiger partial charge in [0.25, 0.3) is 0 Å². The molecule has 1 N–H and O–H groups in total. The molecule has 2 aliphatic rings. The third kappa shape index (κ3) is 2.68. The number of hydrogen-bond acceptors (Lipinski definition) is 5. The Kier molecular flexibility index (Phi) is 3.89. The lowest BCUT2D eigenvalue weighted by Gasteiger charge is -2.12. The number of methoxy groups -OCH3 is 1. The smallest absolute Gasteiger partial charge is 0.231 e. The largest absolute Gasteiger partial charge is 0.494 e. The minimum atomic E-state index is 0.272. The van der Waals surface area contributed by atoms with Gasteiger partial charge in [-0.05, 0) is 49.6 Å².